The highest BCUT2D eigenvalue weighted by atomic mass is 32.1. The molecule has 2 aliphatic heterocycles. The maximum atomic E-state index is 13.7. The van der Waals surface area contributed by atoms with Crippen LogP contribution in [-0.2, 0) is 28.5 Å². The van der Waals surface area contributed by atoms with Crippen LogP contribution < -0.4 is 5.32 Å². The largest absolute Gasteiger partial charge is 0.452 e. The molecule has 352 valence electrons. The van der Waals surface area contributed by atoms with Gasteiger partial charge in [-0.15, -0.1) is 11.3 Å². The van der Waals surface area contributed by atoms with E-state index in [0.29, 0.717) is 29.1 Å². The monoisotopic (exact) mass is 900 g/mol. The summed E-state index contributed by atoms with van der Waals surface area (Å²) in [6.45, 7) is 18.6. The van der Waals surface area contributed by atoms with Crippen LogP contribution in [0.3, 0.4) is 0 Å². The number of nitrogens with zero attached hydrogens (tertiary/aromatic N) is 1. The van der Waals surface area contributed by atoms with Gasteiger partial charge in [0.05, 0.1) is 30.6 Å². The van der Waals surface area contributed by atoms with Gasteiger partial charge in [-0.05, 0) is 59.0 Å². The van der Waals surface area contributed by atoms with Crippen LogP contribution in [0.15, 0.2) is 87.9 Å². The molecular weight excluding hydrogens is 829 g/mol. The summed E-state index contributed by atoms with van der Waals surface area (Å²) in [6, 6.07) is 0. The van der Waals surface area contributed by atoms with Crippen molar-refractivity contribution in [2.24, 2.45) is 23.7 Å². The fourth-order valence-corrected chi connectivity index (χ4v) is 8.29. The van der Waals surface area contributed by atoms with Crippen molar-refractivity contribution in [2.45, 2.75) is 143 Å². The van der Waals surface area contributed by atoms with Crippen LogP contribution in [0, 0.1) is 23.7 Å². The van der Waals surface area contributed by atoms with E-state index in [0.717, 1.165) is 22.3 Å². The minimum absolute atomic E-state index is 0.203. The molecule has 13 atom stereocenters. The number of alkyl carbamates (subject to hydrolysis) is 1. The minimum atomic E-state index is -1.62. The summed E-state index contributed by atoms with van der Waals surface area (Å²) in [6.07, 6.45) is 6.38. The van der Waals surface area contributed by atoms with Crippen LogP contribution in [0.25, 0.3) is 0 Å². The number of thiazole rings is 1. The van der Waals surface area contributed by atoms with Crippen LogP contribution in [0.2, 0.25) is 0 Å². The topological polar surface area (TPSA) is 206 Å². The summed E-state index contributed by atoms with van der Waals surface area (Å²) in [5, 5.41) is 57.7. The lowest BCUT2D eigenvalue weighted by atomic mass is 9.91. The van der Waals surface area contributed by atoms with Gasteiger partial charge in [0.1, 0.15) is 29.4 Å². The molecule has 0 aromatic carbocycles. The molecular formula is C48H72N2O12S. The van der Waals surface area contributed by atoms with Gasteiger partial charge < -0.3 is 54.5 Å². The molecule has 6 N–H and O–H groups in total. The highest BCUT2D eigenvalue weighted by molar-refractivity contribution is 7.09. The van der Waals surface area contributed by atoms with Crippen molar-refractivity contribution in [2.75, 3.05) is 20.8 Å². The van der Waals surface area contributed by atoms with Gasteiger partial charge in [0.15, 0.2) is 18.5 Å². The molecule has 63 heavy (non-hydrogen) atoms. The number of amides is 1. The van der Waals surface area contributed by atoms with Crippen molar-refractivity contribution in [3.05, 3.63) is 98.6 Å². The fraction of sp³-hybridized carbons (Fsp3) is 0.604. The molecule has 0 bridgehead atoms. The van der Waals surface area contributed by atoms with Crippen LogP contribution in [0.1, 0.15) is 105 Å². The van der Waals surface area contributed by atoms with E-state index >= 15 is 0 Å². The van der Waals surface area contributed by atoms with Gasteiger partial charge in [-0.2, -0.15) is 0 Å². The molecule has 1 amide bonds. The minimum Gasteiger partial charge on any atom is -0.452 e. The standard InChI is InChI=1S/C48H72N2O12S/c1-26(2)20-38(61-48(57)49-11)45-50-35(25-63-45)44-31(7)15-13-14-30(6)43(58-12)34(10)37(59-47-42(55)41(54)40(53)39(24-51)60-47)19-17-27(3)21-29(5)22-33(9)36(52)23-28(4)16-18-32(8)46(56)62-44/h13-15,17-19,21-23,25-26,31,33-34,36-44,47,51-55H,16,20,24H2,1-12H3,(H,49,57)/b15-13-,19-17-,27-21-,28-23+,29-22-,30-14+,32-18+/t31-,33-,34-,36+,37+,38-,39+,40+,41-,42+,43+,44-,47+/m0/s1. The second-order valence-electron chi connectivity index (χ2n) is 17.3. The van der Waals surface area contributed by atoms with Crippen LogP contribution in [-0.4, -0.2) is 112 Å². The molecule has 15 heteroatoms. The Bertz CT molecular complexity index is 1860. The molecule has 0 spiro atoms. The smallest absolute Gasteiger partial charge is 0.407 e. The van der Waals surface area contributed by atoms with E-state index in [1.807, 2.05) is 110 Å². The first-order chi connectivity index (χ1) is 29.7. The molecule has 1 saturated heterocycles. The number of esters is 1. The Morgan fingerprint density at radius 3 is 2.32 bits per heavy atom. The Balaban J connectivity index is 2.14. The van der Waals surface area contributed by atoms with E-state index in [9.17, 15) is 35.1 Å². The number of methoxy groups -OCH3 is 1. The van der Waals surface area contributed by atoms with Crippen LogP contribution in [0.4, 0.5) is 4.79 Å². The van der Waals surface area contributed by atoms with E-state index in [2.05, 4.69) is 5.32 Å². The van der Waals surface area contributed by atoms with Gasteiger partial charge in [-0.1, -0.05) is 106 Å². The zero-order valence-corrected chi connectivity index (χ0v) is 39.7. The average molecular weight is 901 g/mol. The molecule has 0 radical (unpaired) electrons. The second kappa shape index (κ2) is 25.6. The van der Waals surface area contributed by atoms with Crippen molar-refractivity contribution >= 4 is 23.4 Å². The quantitative estimate of drug-likeness (QED) is 0.111. The first-order valence-electron chi connectivity index (χ1n) is 21.7. The van der Waals surface area contributed by atoms with Crippen molar-refractivity contribution < 1.29 is 58.8 Å². The molecule has 3 heterocycles. The molecule has 14 nitrogen and oxygen atoms in total. The Labute approximate surface area is 377 Å². The van der Waals surface area contributed by atoms with Gasteiger partial charge in [0, 0.05) is 42.9 Å². The number of hydrogen-bond donors (Lipinski definition) is 6. The summed E-state index contributed by atoms with van der Waals surface area (Å²) in [7, 11) is 3.07. The van der Waals surface area contributed by atoms with E-state index < -0.39 is 85.8 Å². The first kappa shape index (κ1) is 53.6. The number of nitrogens with one attached hydrogen (secondary N) is 1. The molecule has 0 unspecified atom stereocenters. The number of rotatable bonds is 9. The summed E-state index contributed by atoms with van der Waals surface area (Å²) in [5.41, 5.74) is 4.36. The summed E-state index contributed by atoms with van der Waals surface area (Å²) in [5.74, 6) is -1.37. The maximum absolute atomic E-state index is 13.7. The average Bonchev–Trinajstić information content (AvgIpc) is 3.72. The Kier molecular flexibility index (Phi) is 21.8. The lowest BCUT2D eigenvalue weighted by molar-refractivity contribution is -0.311. The van der Waals surface area contributed by atoms with Crippen molar-refractivity contribution in [1.82, 2.24) is 10.3 Å². The summed E-state index contributed by atoms with van der Waals surface area (Å²) < 4.78 is 30.0. The van der Waals surface area contributed by atoms with Crippen LogP contribution >= 0.6 is 11.3 Å². The third kappa shape index (κ3) is 16.0. The zero-order valence-electron chi connectivity index (χ0n) is 38.9. The van der Waals surface area contributed by atoms with Gasteiger partial charge >= 0.3 is 12.1 Å². The number of aliphatic hydroxyl groups excluding tert-OH is 5. The molecule has 1 aromatic rings. The fourth-order valence-electron chi connectivity index (χ4n) is 7.41. The molecule has 1 aromatic heterocycles. The predicted molar refractivity (Wildman–Crippen MR) is 243 cm³/mol. The Morgan fingerprint density at radius 2 is 1.68 bits per heavy atom. The number of allylic oxidation sites excluding steroid dienone is 8. The lowest BCUT2D eigenvalue weighted by Gasteiger charge is -2.41. The predicted octanol–water partition coefficient (Wildman–Crippen LogP) is 6.89. The number of hydrogen-bond acceptors (Lipinski definition) is 14. The first-order valence-corrected chi connectivity index (χ1v) is 22.5. The van der Waals surface area contributed by atoms with E-state index in [4.69, 9.17) is 28.7 Å². The van der Waals surface area contributed by atoms with Gasteiger partial charge in [0.2, 0.25) is 0 Å². The van der Waals surface area contributed by atoms with E-state index in [1.165, 1.54) is 18.4 Å². The lowest BCUT2D eigenvalue weighted by Crippen LogP contribution is -2.60. The number of cyclic esters (lactones) is 1. The maximum Gasteiger partial charge on any atom is 0.407 e. The van der Waals surface area contributed by atoms with Gasteiger partial charge in [0.25, 0.3) is 0 Å². The van der Waals surface area contributed by atoms with E-state index in [-0.39, 0.29) is 17.8 Å². The number of carbonyl (C=O) groups is 2. The Morgan fingerprint density at radius 1 is 0.984 bits per heavy atom. The van der Waals surface area contributed by atoms with Crippen molar-refractivity contribution in [3.63, 3.8) is 0 Å². The third-order valence-corrected chi connectivity index (χ3v) is 12.1. The third-order valence-electron chi connectivity index (χ3n) is 11.1. The number of ether oxygens (including phenoxy) is 5. The number of carbonyl (C=O) groups excluding carboxylic acids is 2. The van der Waals surface area contributed by atoms with Crippen LogP contribution in [0.5, 0.6) is 0 Å². The SMILES string of the molecule is CNC(=O)O[C@@H](CC(C)C)c1nc([C@H]2OC(=O)/C(C)=C/C/C(C)=C/[C@@H](O)[C@@H](C)\C=C(C)/C=C(C)\C=C/[C@@H](O[C@@H]3O[C@H](CO)[C@@H](O)[C@H](O)[C@H]3O)[C@H](C)[C@H](OC)/C(C)=C/C=C\[C@@H]2C)cs1. The zero-order chi connectivity index (χ0) is 47.1. The summed E-state index contributed by atoms with van der Waals surface area (Å²) >= 11 is 1.33. The summed E-state index contributed by atoms with van der Waals surface area (Å²) in [4.78, 5) is 30.9. The molecule has 0 saturated carbocycles. The molecule has 1 fully saturated rings. The highest BCUT2D eigenvalue weighted by Crippen LogP contribution is 2.35. The van der Waals surface area contributed by atoms with Gasteiger partial charge in [-0.25, -0.2) is 14.6 Å². The van der Waals surface area contributed by atoms with Crippen molar-refractivity contribution in [3.8, 4) is 0 Å². The Hall–Kier alpha value is -3.77. The molecule has 0 aliphatic carbocycles. The normalized spacial score (nSPS) is 36.9. The number of aliphatic hydroxyl groups is 5. The highest BCUT2D eigenvalue weighted by Gasteiger charge is 2.45. The number of aromatic nitrogens is 1. The molecule has 3 rings (SSSR count). The van der Waals surface area contributed by atoms with Gasteiger partial charge in [-0.3, -0.25) is 0 Å². The molecule has 2 aliphatic rings. The second-order valence-corrected chi connectivity index (χ2v) is 18.2. The van der Waals surface area contributed by atoms with Crippen molar-refractivity contribution in [1.29, 1.82) is 0 Å². The van der Waals surface area contributed by atoms with E-state index in [1.54, 1.807) is 26.2 Å².